The molecule has 0 aliphatic carbocycles. The Bertz CT molecular complexity index is 1360. The van der Waals surface area contributed by atoms with Crippen LogP contribution < -0.4 is 10.3 Å². The molecule has 5 rings (SSSR count). The SMILES string of the molecule is O=C(OCc1ccccc1)c1ccc(-c2cccc(-c3cc(=O)cc(N4CCOCC4)s3)c2)cc1. The van der Waals surface area contributed by atoms with E-state index in [0.29, 0.717) is 18.8 Å². The number of nitrogens with zero attached hydrogens (tertiary/aromatic N) is 1. The summed E-state index contributed by atoms with van der Waals surface area (Å²) in [7, 11) is 0. The molecule has 4 aromatic rings. The summed E-state index contributed by atoms with van der Waals surface area (Å²) in [5, 5.41) is 0.972. The lowest BCUT2D eigenvalue weighted by atomic mass is 10.0. The number of esters is 1. The first kappa shape index (κ1) is 23.0. The van der Waals surface area contributed by atoms with Gasteiger partial charge in [0.05, 0.1) is 23.8 Å². The largest absolute Gasteiger partial charge is 0.457 e. The Hall–Kier alpha value is -3.74. The van der Waals surface area contributed by atoms with E-state index in [9.17, 15) is 9.59 Å². The molecule has 0 atom stereocenters. The lowest BCUT2D eigenvalue weighted by molar-refractivity contribution is 0.0472. The van der Waals surface area contributed by atoms with E-state index >= 15 is 0 Å². The van der Waals surface area contributed by atoms with Crippen molar-refractivity contribution in [2.24, 2.45) is 0 Å². The maximum Gasteiger partial charge on any atom is 0.338 e. The van der Waals surface area contributed by atoms with Gasteiger partial charge in [-0.3, -0.25) is 4.79 Å². The second kappa shape index (κ2) is 10.7. The van der Waals surface area contributed by atoms with Gasteiger partial charge >= 0.3 is 5.97 Å². The third kappa shape index (κ3) is 5.67. The van der Waals surface area contributed by atoms with Crippen LogP contribution in [-0.4, -0.2) is 32.3 Å². The van der Waals surface area contributed by atoms with E-state index < -0.39 is 0 Å². The van der Waals surface area contributed by atoms with E-state index in [2.05, 4.69) is 11.0 Å². The number of carbonyl (C=O) groups excluding carboxylic acids is 1. The molecule has 35 heavy (non-hydrogen) atoms. The molecule has 0 bridgehead atoms. The van der Waals surface area contributed by atoms with Crippen molar-refractivity contribution in [3.63, 3.8) is 0 Å². The summed E-state index contributed by atoms with van der Waals surface area (Å²) in [5.41, 5.74) is 4.47. The number of hydrogen-bond donors (Lipinski definition) is 0. The molecule has 0 amide bonds. The van der Waals surface area contributed by atoms with Crippen LogP contribution in [0, 0.1) is 0 Å². The molecule has 176 valence electrons. The molecule has 1 saturated heterocycles. The first-order valence-electron chi connectivity index (χ1n) is 11.6. The van der Waals surface area contributed by atoms with Crippen LogP contribution in [0.3, 0.4) is 0 Å². The summed E-state index contributed by atoms with van der Waals surface area (Å²) >= 11 is 1.62. The zero-order valence-corrected chi connectivity index (χ0v) is 20.0. The average Bonchev–Trinajstić information content (AvgIpc) is 2.92. The lowest BCUT2D eigenvalue weighted by Gasteiger charge is -2.28. The topological polar surface area (TPSA) is 55.8 Å². The predicted octanol–water partition coefficient (Wildman–Crippen LogP) is 5.64. The molecule has 0 N–H and O–H groups in total. The van der Waals surface area contributed by atoms with Crippen LogP contribution in [0.4, 0.5) is 5.00 Å². The lowest BCUT2D eigenvalue weighted by Crippen LogP contribution is -2.36. The van der Waals surface area contributed by atoms with Gasteiger partial charge in [-0.15, -0.1) is 11.3 Å². The number of ether oxygens (including phenoxy) is 2. The second-order valence-corrected chi connectivity index (χ2v) is 9.38. The van der Waals surface area contributed by atoms with Crippen molar-refractivity contribution in [1.29, 1.82) is 0 Å². The van der Waals surface area contributed by atoms with Gasteiger partial charge in [-0.25, -0.2) is 4.79 Å². The number of hydrogen-bond acceptors (Lipinski definition) is 6. The minimum Gasteiger partial charge on any atom is -0.457 e. The van der Waals surface area contributed by atoms with E-state index in [1.54, 1.807) is 35.6 Å². The van der Waals surface area contributed by atoms with E-state index in [4.69, 9.17) is 9.47 Å². The molecule has 1 aromatic heterocycles. The highest BCUT2D eigenvalue weighted by Gasteiger charge is 2.14. The maximum atomic E-state index is 12.4. The summed E-state index contributed by atoms with van der Waals surface area (Å²) in [4.78, 5) is 28.0. The Morgan fingerprint density at radius 1 is 0.829 bits per heavy atom. The molecule has 5 nitrogen and oxygen atoms in total. The van der Waals surface area contributed by atoms with Crippen molar-refractivity contribution in [1.82, 2.24) is 0 Å². The van der Waals surface area contributed by atoms with Crippen LogP contribution in [0.1, 0.15) is 15.9 Å². The van der Waals surface area contributed by atoms with Crippen LogP contribution >= 0.6 is 11.3 Å². The fourth-order valence-corrected chi connectivity index (χ4v) is 5.14. The summed E-state index contributed by atoms with van der Waals surface area (Å²) in [6, 6.07) is 28.6. The van der Waals surface area contributed by atoms with Crippen molar-refractivity contribution < 1.29 is 14.3 Å². The maximum absolute atomic E-state index is 12.4. The Balaban J connectivity index is 1.33. The van der Waals surface area contributed by atoms with Crippen LogP contribution in [0.5, 0.6) is 0 Å². The molecule has 2 heterocycles. The van der Waals surface area contributed by atoms with Gasteiger partial charge in [0, 0.05) is 30.1 Å². The van der Waals surface area contributed by atoms with Crippen LogP contribution in [0.15, 0.2) is 95.8 Å². The molecule has 0 spiro atoms. The molecular formula is C29H25NO4S. The highest BCUT2D eigenvalue weighted by molar-refractivity contribution is 7.19. The Morgan fingerprint density at radius 3 is 2.34 bits per heavy atom. The number of morpholine rings is 1. The quantitative estimate of drug-likeness (QED) is 0.333. The predicted molar refractivity (Wildman–Crippen MR) is 140 cm³/mol. The summed E-state index contributed by atoms with van der Waals surface area (Å²) < 4.78 is 10.9. The number of anilines is 1. The normalized spacial score (nSPS) is 13.4. The number of rotatable bonds is 6. The molecule has 1 aliphatic rings. The zero-order valence-electron chi connectivity index (χ0n) is 19.2. The van der Waals surface area contributed by atoms with Gasteiger partial charge in [-0.05, 0) is 40.5 Å². The fourth-order valence-electron chi connectivity index (χ4n) is 4.00. The highest BCUT2D eigenvalue weighted by Crippen LogP contribution is 2.32. The standard InChI is InChI=1S/C29H25NO4S/c31-26-18-27(35-28(19-26)30-13-15-33-16-14-30)25-8-4-7-24(17-25)22-9-11-23(12-10-22)29(32)34-20-21-5-2-1-3-6-21/h1-12,17-19H,13-16,20H2. The molecule has 3 aromatic carbocycles. The van der Waals surface area contributed by atoms with Gasteiger partial charge in [-0.2, -0.15) is 0 Å². The van der Waals surface area contributed by atoms with Crippen LogP contribution in [-0.2, 0) is 16.1 Å². The molecule has 0 unspecified atom stereocenters. The molecule has 6 heteroatoms. The molecule has 1 fully saturated rings. The van der Waals surface area contributed by atoms with Crippen molar-refractivity contribution in [2.45, 2.75) is 6.61 Å². The Kier molecular flexibility index (Phi) is 7.02. The van der Waals surface area contributed by atoms with Gasteiger partial charge in [0.25, 0.3) is 0 Å². The van der Waals surface area contributed by atoms with E-state index in [1.165, 1.54) is 0 Å². The summed E-state index contributed by atoms with van der Waals surface area (Å²) in [6.45, 7) is 3.18. The van der Waals surface area contributed by atoms with Crippen LogP contribution in [0.25, 0.3) is 21.6 Å². The third-order valence-corrected chi connectivity index (χ3v) is 7.05. The Morgan fingerprint density at radius 2 is 1.57 bits per heavy atom. The number of benzene rings is 3. The first-order valence-corrected chi connectivity index (χ1v) is 12.4. The minimum atomic E-state index is -0.348. The molecule has 1 aliphatic heterocycles. The fraction of sp³-hybridized carbons (Fsp3) is 0.172. The van der Waals surface area contributed by atoms with Gasteiger partial charge in [0.1, 0.15) is 6.61 Å². The zero-order chi connectivity index (χ0) is 24.0. The molecule has 0 radical (unpaired) electrons. The smallest absolute Gasteiger partial charge is 0.338 e. The van der Waals surface area contributed by atoms with Crippen molar-refractivity contribution in [3.05, 3.63) is 112 Å². The Labute approximate surface area is 208 Å². The molecular weight excluding hydrogens is 458 g/mol. The molecule has 0 saturated carbocycles. The summed E-state index contributed by atoms with van der Waals surface area (Å²) in [6.07, 6.45) is 0. The van der Waals surface area contributed by atoms with E-state index in [1.807, 2.05) is 60.7 Å². The first-order chi connectivity index (χ1) is 17.2. The van der Waals surface area contributed by atoms with Crippen molar-refractivity contribution in [2.75, 3.05) is 31.2 Å². The van der Waals surface area contributed by atoms with E-state index in [0.717, 1.165) is 45.2 Å². The van der Waals surface area contributed by atoms with Gasteiger partial charge in [0.15, 0.2) is 5.43 Å². The van der Waals surface area contributed by atoms with Gasteiger partial charge in [0.2, 0.25) is 0 Å². The van der Waals surface area contributed by atoms with Crippen molar-refractivity contribution >= 4 is 22.3 Å². The minimum absolute atomic E-state index is 0.00372. The third-order valence-electron chi connectivity index (χ3n) is 5.89. The number of carbonyl (C=O) groups is 1. The van der Waals surface area contributed by atoms with E-state index in [-0.39, 0.29) is 18.0 Å². The second-order valence-electron chi connectivity index (χ2n) is 8.31. The van der Waals surface area contributed by atoms with Gasteiger partial charge < -0.3 is 14.4 Å². The van der Waals surface area contributed by atoms with Crippen LogP contribution in [0.2, 0.25) is 0 Å². The monoisotopic (exact) mass is 483 g/mol. The average molecular weight is 484 g/mol. The van der Waals surface area contributed by atoms with Crippen molar-refractivity contribution in [3.8, 4) is 21.6 Å². The summed E-state index contributed by atoms with van der Waals surface area (Å²) in [5.74, 6) is -0.348. The highest BCUT2D eigenvalue weighted by atomic mass is 32.1. The van der Waals surface area contributed by atoms with Gasteiger partial charge in [-0.1, -0.05) is 60.7 Å².